The van der Waals surface area contributed by atoms with E-state index in [0.29, 0.717) is 22.4 Å². The highest BCUT2D eigenvalue weighted by Crippen LogP contribution is 2.36. The predicted octanol–water partition coefficient (Wildman–Crippen LogP) is 6.34. The third-order valence-electron chi connectivity index (χ3n) is 4.37. The second-order valence-corrected chi connectivity index (χ2v) is 8.58. The van der Waals surface area contributed by atoms with Crippen LogP contribution in [0.4, 0.5) is 13.2 Å². The van der Waals surface area contributed by atoms with Crippen LogP contribution in [0.25, 0.3) is 5.69 Å². The Balaban J connectivity index is 2.21. The number of rotatable bonds is 7. The summed E-state index contributed by atoms with van der Waals surface area (Å²) in [5, 5.41) is 8.07. The van der Waals surface area contributed by atoms with E-state index < -0.39 is 17.5 Å². The second kappa shape index (κ2) is 9.34. The standard InChI is InChI=1S/C21H19BrF3N3OS/c1-3-8-30-17-11-15(22)10-16(19(17)28-12-26-27-18(28)4-2)20(29)13-6-5-7-14(9-13)21(23,24)25/h5-7,9-12H,3-4,8H2,1-2H3. The topological polar surface area (TPSA) is 47.8 Å². The quantitative estimate of drug-likeness (QED) is 0.282. The molecule has 158 valence electrons. The van der Waals surface area contributed by atoms with Crippen molar-refractivity contribution in [3.63, 3.8) is 0 Å². The summed E-state index contributed by atoms with van der Waals surface area (Å²) in [6.07, 6.45) is -1.48. The lowest BCUT2D eigenvalue weighted by Gasteiger charge is -2.17. The summed E-state index contributed by atoms with van der Waals surface area (Å²) in [6.45, 7) is 3.97. The molecule has 2 aromatic carbocycles. The van der Waals surface area contributed by atoms with Crippen LogP contribution in [0.5, 0.6) is 0 Å². The maximum Gasteiger partial charge on any atom is 0.416 e. The maximum absolute atomic E-state index is 13.4. The summed E-state index contributed by atoms with van der Waals surface area (Å²) in [6, 6.07) is 8.02. The van der Waals surface area contributed by atoms with Gasteiger partial charge >= 0.3 is 6.18 Å². The summed E-state index contributed by atoms with van der Waals surface area (Å²) < 4.78 is 41.9. The zero-order valence-corrected chi connectivity index (χ0v) is 18.7. The van der Waals surface area contributed by atoms with Crippen molar-refractivity contribution in [3.05, 3.63) is 69.7 Å². The van der Waals surface area contributed by atoms with Crippen molar-refractivity contribution in [2.24, 2.45) is 0 Å². The van der Waals surface area contributed by atoms with Crippen molar-refractivity contribution in [2.75, 3.05) is 5.75 Å². The van der Waals surface area contributed by atoms with E-state index >= 15 is 0 Å². The van der Waals surface area contributed by atoms with Gasteiger partial charge in [0.25, 0.3) is 0 Å². The molecular formula is C21H19BrF3N3OS. The van der Waals surface area contributed by atoms with E-state index in [1.165, 1.54) is 18.5 Å². The molecule has 0 saturated carbocycles. The molecule has 0 saturated heterocycles. The van der Waals surface area contributed by atoms with Crippen LogP contribution in [0.1, 0.15) is 47.6 Å². The molecule has 0 fully saturated rings. The summed E-state index contributed by atoms with van der Waals surface area (Å²) in [5.41, 5.74) is -0.0107. The molecule has 3 aromatic rings. The second-order valence-electron chi connectivity index (χ2n) is 6.53. The van der Waals surface area contributed by atoms with Crippen LogP contribution < -0.4 is 0 Å². The van der Waals surface area contributed by atoms with E-state index in [-0.39, 0.29) is 11.1 Å². The Morgan fingerprint density at radius 1 is 1.20 bits per heavy atom. The number of halogens is 4. The molecule has 0 N–H and O–H groups in total. The fraction of sp³-hybridized carbons (Fsp3) is 0.286. The Morgan fingerprint density at radius 2 is 1.97 bits per heavy atom. The van der Waals surface area contributed by atoms with Crippen molar-refractivity contribution in [1.29, 1.82) is 0 Å². The molecule has 4 nitrogen and oxygen atoms in total. The fourth-order valence-corrected chi connectivity index (χ4v) is 4.59. The summed E-state index contributed by atoms with van der Waals surface area (Å²) in [5.74, 6) is 0.991. The lowest BCUT2D eigenvalue weighted by molar-refractivity contribution is -0.137. The van der Waals surface area contributed by atoms with Crippen molar-refractivity contribution >= 4 is 33.5 Å². The van der Waals surface area contributed by atoms with Gasteiger partial charge in [-0.2, -0.15) is 13.2 Å². The minimum atomic E-state index is -4.53. The number of alkyl halides is 3. The highest BCUT2D eigenvalue weighted by Gasteiger charge is 2.31. The van der Waals surface area contributed by atoms with Gasteiger partial charge in [-0.1, -0.05) is 41.9 Å². The van der Waals surface area contributed by atoms with Gasteiger partial charge in [-0.3, -0.25) is 9.36 Å². The lowest BCUT2D eigenvalue weighted by atomic mass is 9.99. The number of nitrogens with zero attached hydrogens (tertiary/aromatic N) is 3. The highest BCUT2D eigenvalue weighted by molar-refractivity contribution is 9.10. The van der Waals surface area contributed by atoms with Gasteiger partial charge < -0.3 is 0 Å². The van der Waals surface area contributed by atoms with Gasteiger partial charge in [-0.15, -0.1) is 22.0 Å². The molecule has 0 atom stereocenters. The molecule has 0 aliphatic rings. The molecule has 30 heavy (non-hydrogen) atoms. The van der Waals surface area contributed by atoms with E-state index in [1.807, 2.05) is 13.0 Å². The average molecular weight is 498 g/mol. The molecule has 0 aliphatic heterocycles. The first kappa shape index (κ1) is 22.6. The molecule has 0 aliphatic carbocycles. The fourth-order valence-electron chi connectivity index (χ4n) is 3.00. The van der Waals surface area contributed by atoms with Crippen LogP contribution in [-0.4, -0.2) is 26.3 Å². The summed E-state index contributed by atoms with van der Waals surface area (Å²) >= 11 is 5.01. The van der Waals surface area contributed by atoms with Crippen LogP contribution in [-0.2, 0) is 12.6 Å². The number of hydrogen-bond acceptors (Lipinski definition) is 4. The van der Waals surface area contributed by atoms with Gasteiger partial charge in [-0.25, -0.2) is 0 Å². The maximum atomic E-state index is 13.4. The highest BCUT2D eigenvalue weighted by atomic mass is 79.9. The third kappa shape index (κ3) is 4.78. The van der Waals surface area contributed by atoms with E-state index in [4.69, 9.17) is 0 Å². The van der Waals surface area contributed by atoms with Gasteiger partial charge in [0.1, 0.15) is 12.2 Å². The monoisotopic (exact) mass is 497 g/mol. The minimum absolute atomic E-state index is 0.0262. The molecule has 3 rings (SSSR count). The SMILES string of the molecule is CCCSc1cc(Br)cc(C(=O)c2cccc(C(F)(F)F)c2)c1-n1cnnc1CC. The average Bonchev–Trinajstić information content (AvgIpc) is 3.19. The number of carbonyl (C=O) groups excluding carboxylic acids is 1. The normalized spacial score (nSPS) is 11.7. The van der Waals surface area contributed by atoms with Crippen molar-refractivity contribution < 1.29 is 18.0 Å². The number of benzene rings is 2. The first-order valence-electron chi connectivity index (χ1n) is 9.33. The molecule has 9 heteroatoms. The van der Waals surface area contributed by atoms with Gasteiger partial charge in [-0.05, 0) is 36.4 Å². The molecule has 0 radical (unpaired) electrons. The van der Waals surface area contributed by atoms with Crippen molar-refractivity contribution in [3.8, 4) is 5.69 Å². The Hall–Kier alpha value is -2.13. The number of carbonyl (C=O) groups is 1. The van der Waals surface area contributed by atoms with Crippen LogP contribution in [0, 0.1) is 0 Å². The van der Waals surface area contributed by atoms with Gasteiger partial charge in [0.05, 0.1) is 11.3 Å². The number of aromatic nitrogens is 3. The lowest BCUT2D eigenvalue weighted by Crippen LogP contribution is -2.12. The van der Waals surface area contributed by atoms with Gasteiger partial charge in [0.15, 0.2) is 5.78 Å². The van der Waals surface area contributed by atoms with E-state index in [1.54, 1.807) is 22.4 Å². The number of ketones is 1. The predicted molar refractivity (Wildman–Crippen MR) is 114 cm³/mol. The number of thioether (sulfide) groups is 1. The van der Waals surface area contributed by atoms with Gasteiger partial charge in [0.2, 0.25) is 0 Å². The largest absolute Gasteiger partial charge is 0.416 e. The third-order valence-corrected chi connectivity index (χ3v) is 6.07. The molecular weight excluding hydrogens is 479 g/mol. The molecule has 0 amide bonds. The number of aryl methyl sites for hydroxylation is 1. The van der Waals surface area contributed by atoms with Crippen LogP contribution in [0.2, 0.25) is 0 Å². The Bertz CT molecular complexity index is 1070. The van der Waals surface area contributed by atoms with Crippen molar-refractivity contribution in [2.45, 2.75) is 37.8 Å². The van der Waals surface area contributed by atoms with Crippen LogP contribution in [0.3, 0.4) is 0 Å². The van der Waals surface area contributed by atoms with Crippen molar-refractivity contribution in [1.82, 2.24) is 14.8 Å². The molecule has 1 heterocycles. The summed E-state index contributed by atoms with van der Waals surface area (Å²) in [7, 11) is 0. The van der Waals surface area contributed by atoms with E-state index in [9.17, 15) is 18.0 Å². The Morgan fingerprint density at radius 3 is 2.63 bits per heavy atom. The minimum Gasteiger partial charge on any atom is -0.289 e. The smallest absolute Gasteiger partial charge is 0.289 e. The molecule has 0 spiro atoms. The molecule has 0 unspecified atom stereocenters. The Kier molecular flexibility index (Phi) is 7.02. The summed E-state index contributed by atoms with van der Waals surface area (Å²) in [4.78, 5) is 14.2. The van der Waals surface area contributed by atoms with Crippen LogP contribution in [0.15, 0.2) is 52.1 Å². The zero-order valence-electron chi connectivity index (χ0n) is 16.3. The first-order valence-corrected chi connectivity index (χ1v) is 11.1. The molecule has 0 bridgehead atoms. The first-order chi connectivity index (χ1) is 14.3. The zero-order chi connectivity index (χ0) is 21.9. The molecule has 1 aromatic heterocycles. The number of hydrogen-bond donors (Lipinski definition) is 0. The van der Waals surface area contributed by atoms with Gasteiger partial charge in [0, 0.05) is 26.9 Å². The van der Waals surface area contributed by atoms with Crippen LogP contribution >= 0.6 is 27.7 Å². The van der Waals surface area contributed by atoms with E-state index in [2.05, 4.69) is 33.1 Å². The Labute approximate surface area is 185 Å². The van der Waals surface area contributed by atoms with E-state index in [0.717, 1.165) is 29.2 Å².